The average molecular weight is 337 g/mol. The minimum atomic E-state index is 0.145. The standard InChI is InChI=1S/C22H27NO2/c1-15-5-7-17(3)20(13-15)22(24)23-11-9-19(10-12-23)25-21-14-16(2)6-8-18(21)4/h5-8,13-14,19H,9-12H2,1-4H3. The molecule has 3 nitrogen and oxygen atoms in total. The van der Waals surface area contributed by atoms with E-state index in [-0.39, 0.29) is 12.0 Å². The molecule has 0 atom stereocenters. The third-order valence-corrected chi connectivity index (χ3v) is 4.99. The van der Waals surface area contributed by atoms with Crippen molar-refractivity contribution in [3.63, 3.8) is 0 Å². The zero-order valence-electron chi connectivity index (χ0n) is 15.6. The van der Waals surface area contributed by atoms with Crippen LogP contribution < -0.4 is 4.74 Å². The predicted octanol–water partition coefficient (Wildman–Crippen LogP) is 4.60. The predicted molar refractivity (Wildman–Crippen MR) is 101 cm³/mol. The van der Waals surface area contributed by atoms with E-state index in [1.54, 1.807) is 0 Å². The number of aryl methyl sites for hydroxylation is 4. The number of carbonyl (C=O) groups is 1. The Labute approximate surface area is 150 Å². The number of likely N-dealkylation sites (tertiary alicyclic amines) is 1. The normalized spacial score (nSPS) is 15.3. The Hall–Kier alpha value is -2.29. The van der Waals surface area contributed by atoms with Crippen molar-refractivity contribution < 1.29 is 9.53 Å². The van der Waals surface area contributed by atoms with E-state index in [1.807, 2.05) is 30.9 Å². The molecule has 0 unspecified atom stereocenters. The summed E-state index contributed by atoms with van der Waals surface area (Å²) in [6.07, 6.45) is 1.94. The van der Waals surface area contributed by atoms with Crippen LogP contribution in [0.1, 0.15) is 45.5 Å². The second-order valence-corrected chi connectivity index (χ2v) is 7.20. The summed E-state index contributed by atoms with van der Waals surface area (Å²) in [5, 5.41) is 0. The largest absolute Gasteiger partial charge is 0.490 e. The van der Waals surface area contributed by atoms with E-state index in [1.165, 1.54) is 11.1 Å². The molecule has 0 bridgehead atoms. The zero-order valence-corrected chi connectivity index (χ0v) is 15.6. The zero-order chi connectivity index (χ0) is 18.0. The number of carbonyl (C=O) groups excluding carboxylic acids is 1. The Kier molecular flexibility index (Phi) is 5.12. The van der Waals surface area contributed by atoms with Crippen molar-refractivity contribution in [3.8, 4) is 5.75 Å². The van der Waals surface area contributed by atoms with Crippen molar-refractivity contribution in [2.45, 2.75) is 46.6 Å². The van der Waals surface area contributed by atoms with Gasteiger partial charge in [0, 0.05) is 31.5 Å². The molecule has 1 aliphatic heterocycles. The Bertz CT molecular complexity index is 774. The van der Waals surface area contributed by atoms with E-state index in [9.17, 15) is 4.79 Å². The first kappa shape index (κ1) is 17.5. The van der Waals surface area contributed by atoms with Crippen molar-refractivity contribution in [3.05, 3.63) is 64.2 Å². The van der Waals surface area contributed by atoms with Crippen LogP contribution >= 0.6 is 0 Å². The van der Waals surface area contributed by atoms with Gasteiger partial charge < -0.3 is 9.64 Å². The van der Waals surface area contributed by atoms with Gasteiger partial charge in [-0.3, -0.25) is 4.79 Å². The summed E-state index contributed by atoms with van der Waals surface area (Å²) in [7, 11) is 0. The van der Waals surface area contributed by atoms with Gasteiger partial charge in [-0.05, 0) is 56.5 Å². The highest BCUT2D eigenvalue weighted by Crippen LogP contribution is 2.25. The van der Waals surface area contributed by atoms with Gasteiger partial charge in [-0.25, -0.2) is 0 Å². The lowest BCUT2D eigenvalue weighted by Gasteiger charge is -2.33. The average Bonchev–Trinajstić information content (AvgIpc) is 2.60. The van der Waals surface area contributed by atoms with Gasteiger partial charge in [-0.2, -0.15) is 0 Å². The fourth-order valence-electron chi connectivity index (χ4n) is 3.33. The molecule has 0 saturated carbocycles. The second kappa shape index (κ2) is 7.30. The number of nitrogens with zero attached hydrogens (tertiary/aromatic N) is 1. The van der Waals surface area contributed by atoms with Gasteiger partial charge in [-0.15, -0.1) is 0 Å². The maximum atomic E-state index is 12.8. The molecule has 3 heteroatoms. The Balaban J connectivity index is 1.62. The minimum absolute atomic E-state index is 0.145. The molecule has 0 radical (unpaired) electrons. The summed E-state index contributed by atoms with van der Waals surface area (Å²) in [5.74, 6) is 1.12. The molecular formula is C22H27NO2. The van der Waals surface area contributed by atoms with Crippen LogP contribution in [0.15, 0.2) is 36.4 Å². The van der Waals surface area contributed by atoms with Crippen molar-refractivity contribution >= 4 is 5.91 Å². The van der Waals surface area contributed by atoms with Crippen LogP contribution in [0.5, 0.6) is 5.75 Å². The highest BCUT2D eigenvalue weighted by molar-refractivity contribution is 5.95. The molecule has 1 aliphatic rings. The number of rotatable bonds is 3. The van der Waals surface area contributed by atoms with E-state index in [0.29, 0.717) is 0 Å². The molecule has 132 valence electrons. The number of hydrogen-bond acceptors (Lipinski definition) is 2. The van der Waals surface area contributed by atoms with Crippen molar-refractivity contribution in [1.29, 1.82) is 0 Å². The van der Waals surface area contributed by atoms with Gasteiger partial charge in [0.05, 0.1) is 0 Å². The van der Waals surface area contributed by atoms with Crippen LogP contribution in [0.3, 0.4) is 0 Å². The molecule has 3 rings (SSSR count). The lowest BCUT2D eigenvalue weighted by molar-refractivity contribution is 0.0593. The summed E-state index contributed by atoms with van der Waals surface area (Å²) in [6.45, 7) is 9.69. The maximum absolute atomic E-state index is 12.8. The molecule has 1 heterocycles. The number of ether oxygens (including phenoxy) is 1. The molecule has 2 aromatic carbocycles. The van der Waals surface area contributed by atoms with Crippen LogP contribution in [-0.4, -0.2) is 30.0 Å². The molecule has 0 aromatic heterocycles. The molecule has 1 amide bonds. The summed E-state index contributed by atoms with van der Waals surface area (Å²) in [4.78, 5) is 14.8. The molecule has 0 spiro atoms. The minimum Gasteiger partial charge on any atom is -0.490 e. The first-order valence-corrected chi connectivity index (χ1v) is 9.04. The summed E-state index contributed by atoms with van der Waals surface area (Å²) < 4.78 is 6.21. The molecular weight excluding hydrogens is 310 g/mol. The van der Waals surface area contributed by atoms with Crippen LogP contribution in [0.2, 0.25) is 0 Å². The van der Waals surface area contributed by atoms with Gasteiger partial charge in [0.15, 0.2) is 0 Å². The van der Waals surface area contributed by atoms with Gasteiger partial charge in [0.25, 0.3) is 5.91 Å². The lowest BCUT2D eigenvalue weighted by atomic mass is 10.0. The summed E-state index contributed by atoms with van der Waals surface area (Å²) in [5.41, 5.74) is 5.38. The number of piperidine rings is 1. The molecule has 1 fully saturated rings. The Morgan fingerprint density at radius 2 is 1.52 bits per heavy atom. The number of amides is 1. The van der Waals surface area contributed by atoms with E-state index >= 15 is 0 Å². The lowest BCUT2D eigenvalue weighted by Crippen LogP contribution is -2.42. The van der Waals surface area contributed by atoms with E-state index in [0.717, 1.165) is 48.4 Å². The van der Waals surface area contributed by atoms with Gasteiger partial charge in [0.2, 0.25) is 0 Å². The van der Waals surface area contributed by atoms with Crippen molar-refractivity contribution in [2.75, 3.05) is 13.1 Å². The summed E-state index contributed by atoms with van der Waals surface area (Å²) in [6, 6.07) is 12.4. The van der Waals surface area contributed by atoms with E-state index in [4.69, 9.17) is 4.74 Å². The Morgan fingerprint density at radius 1 is 0.920 bits per heavy atom. The topological polar surface area (TPSA) is 29.5 Å². The molecule has 0 N–H and O–H groups in total. The Morgan fingerprint density at radius 3 is 2.20 bits per heavy atom. The molecule has 1 saturated heterocycles. The van der Waals surface area contributed by atoms with Gasteiger partial charge in [0.1, 0.15) is 11.9 Å². The van der Waals surface area contributed by atoms with E-state index in [2.05, 4.69) is 38.1 Å². The molecule has 2 aromatic rings. The van der Waals surface area contributed by atoms with Crippen LogP contribution in [-0.2, 0) is 0 Å². The van der Waals surface area contributed by atoms with Gasteiger partial charge in [-0.1, -0.05) is 29.8 Å². The van der Waals surface area contributed by atoms with Gasteiger partial charge >= 0.3 is 0 Å². The SMILES string of the molecule is Cc1ccc(C)c(OC2CCN(C(=O)c3cc(C)ccc3C)CC2)c1. The number of hydrogen-bond donors (Lipinski definition) is 0. The maximum Gasteiger partial charge on any atom is 0.254 e. The van der Waals surface area contributed by atoms with E-state index < -0.39 is 0 Å². The molecule has 25 heavy (non-hydrogen) atoms. The third kappa shape index (κ3) is 4.04. The van der Waals surface area contributed by atoms with Crippen molar-refractivity contribution in [1.82, 2.24) is 4.90 Å². The quantitative estimate of drug-likeness (QED) is 0.819. The monoisotopic (exact) mass is 337 g/mol. The van der Waals surface area contributed by atoms with Crippen molar-refractivity contribution in [2.24, 2.45) is 0 Å². The third-order valence-electron chi connectivity index (χ3n) is 4.99. The number of benzene rings is 2. The van der Waals surface area contributed by atoms with Crippen LogP contribution in [0.4, 0.5) is 0 Å². The second-order valence-electron chi connectivity index (χ2n) is 7.20. The highest BCUT2D eigenvalue weighted by atomic mass is 16.5. The van der Waals surface area contributed by atoms with Crippen LogP contribution in [0, 0.1) is 27.7 Å². The fraction of sp³-hybridized carbons (Fsp3) is 0.409. The fourth-order valence-corrected chi connectivity index (χ4v) is 3.33. The summed E-state index contributed by atoms with van der Waals surface area (Å²) >= 11 is 0. The smallest absolute Gasteiger partial charge is 0.254 e. The molecule has 0 aliphatic carbocycles. The first-order valence-electron chi connectivity index (χ1n) is 9.04. The van der Waals surface area contributed by atoms with Crippen LogP contribution in [0.25, 0.3) is 0 Å². The highest BCUT2D eigenvalue weighted by Gasteiger charge is 2.25. The first-order chi connectivity index (χ1) is 11.9.